The Hall–Kier alpha value is -4.17. The second kappa shape index (κ2) is 13.7. The molecule has 36 heavy (non-hydrogen) atoms. The van der Waals surface area contributed by atoms with Gasteiger partial charge < -0.3 is 25.2 Å². The van der Waals surface area contributed by atoms with Crippen molar-refractivity contribution in [1.82, 2.24) is 10.6 Å². The number of amides is 2. The fraction of sp³-hybridized carbons (Fsp3) is 0.250. The third kappa shape index (κ3) is 8.56. The van der Waals surface area contributed by atoms with Crippen LogP contribution in [-0.4, -0.2) is 41.3 Å². The SMILES string of the molecule is C[C@@H](O)[C@@H](NC(=O)OCc1ccccc1)C(=O)N[C@@H](Cc1ccccc1)C(=O)OCc1ccccc1. The first-order valence-corrected chi connectivity index (χ1v) is 11.6. The summed E-state index contributed by atoms with van der Waals surface area (Å²) >= 11 is 0. The first-order valence-electron chi connectivity index (χ1n) is 11.6. The number of hydrogen-bond acceptors (Lipinski definition) is 6. The van der Waals surface area contributed by atoms with E-state index in [-0.39, 0.29) is 19.6 Å². The van der Waals surface area contributed by atoms with Gasteiger partial charge in [-0.3, -0.25) is 4.79 Å². The van der Waals surface area contributed by atoms with E-state index in [2.05, 4.69) is 10.6 Å². The molecule has 3 aromatic rings. The highest BCUT2D eigenvalue weighted by atomic mass is 16.5. The van der Waals surface area contributed by atoms with Crippen LogP contribution in [0.4, 0.5) is 4.79 Å². The lowest BCUT2D eigenvalue weighted by Crippen LogP contribution is -2.56. The van der Waals surface area contributed by atoms with E-state index in [1.807, 2.05) is 78.9 Å². The van der Waals surface area contributed by atoms with Gasteiger partial charge in [0.1, 0.15) is 25.3 Å². The van der Waals surface area contributed by atoms with E-state index in [0.29, 0.717) is 0 Å². The van der Waals surface area contributed by atoms with Gasteiger partial charge in [-0.25, -0.2) is 9.59 Å². The summed E-state index contributed by atoms with van der Waals surface area (Å²) in [6.45, 7) is 1.41. The molecule has 0 saturated heterocycles. The Kier molecular flexibility index (Phi) is 10.0. The summed E-state index contributed by atoms with van der Waals surface area (Å²) < 4.78 is 10.6. The zero-order chi connectivity index (χ0) is 25.8. The average Bonchev–Trinajstić information content (AvgIpc) is 2.90. The van der Waals surface area contributed by atoms with Gasteiger partial charge in [0.25, 0.3) is 0 Å². The summed E-state index contributed by atoms with van der Waals surface area (Å²) in [5, 5.41) is 15.2. The Balaban J connectivity index is 1.64. The minimum atomic E-state index is -1.34. The van der Waals surface area contributed by atoms with E-state index in [1.54, 1.807) is 12.1 Å². The Labute approximate surface area is 210 Å². The minimum absolute atomic E-state index is 0.00324. The standard InChI is InChI=1S/C28H30N2O6/c1-20(31)25(30-28(34)36-19-23-15-9-4-10-16-23)26(32)29-24(17-21-11-5-2-6-12-21)27(33)35-18-22-13-7-3-8-14-22/h2-16,20,24-25,31H,17-19H2,1H3,(H,29,32)(H,30,34)/t20-,24+,25-/m1/s1. The summed E-state index contributed by atoms with van der Waals surface area (Å²) in [4.78, 5) is 38.2. The van der Waals surface area contributed by atoms with Gasteiger partial charge in [0.05, 0.1) is 6.10 Å². The van der Waals surface area contributed by atoms with Crippen LogP contribution in [0.25, 0.3) is 0 Å². The minimum Gasteiger partial charge on any atom is -0.459 e. The van der Waals surface area contributed by atoms with Crippen molar-refractivity contribution in [1.29, 1.82) is 0 Å². The highest BCUT2D eigenvalue weighted by Gasteiger charge is 2.31. The lowest BCUT2D eigenvalue weighted by Gasteiger charge is -2.24. The maximum absolute atomic E-state index is 13.0. The Bertz CT molecular complexity index is 1110. The summed E-state index contributed by atoms with van der Waals surface area (Å²) in [6, 6.07) is 25.0. The molecule has 0 aromatic heterocycles. The molecule has 0 spiro atoms. The molecule has 3 aromatic carbocycles. The molecule has 8 nitrogen and oxygen atoms in total. The lowest BCUT2D eigenvalue weighted by molar-refractivity contribution is -0.149. The van der Waals surface area contributed by atoms with Gasteiger partial charge in [-0.1, -0.05) is 91.0 Å². The van der Waals surface area contributed by atoms with Crippen LogP contribution in [0.5, 0.6) is 0 Å². The van der Waals surface area contributed by atoms with Crippen LogP contribution in [-0.2, 0) is 38.7 Å². The van der Waals surface area contributed by atoms with Crippen molar-refractivity contribution in [2.75, 3.05) is 0 Å². The molecule has 0 radical (unpaired) electrons. The fourth-order valence-corrected chi connectivity index (χ4v) is 3.43. The predicted octanol–water partition coefficient (Wildman–Crippen LogP) is 3.13. The van der Waals surface area contributed by atoms with Gasteiger partial charge in [-0.2, -0.15) is 0 Å². The second-order valence-electron chi connectivity index (χ2n) is 8.27. The smallest absolute Gasteiger partial charge is 0.408 e. The number of carbonyl (C=O) groups is 3. The number of hydrogen-bond donors (Lipinski definition) is 3. The molecule has 0 aliphatic carbocycles. The largest absolute Gasteiger partial charge is 0.459 e. The molecule has 2 amide bonds. The number of nitrogens with one attached hydrogen (secondary N) is 2. The van der Waals surface area contributed by atoms with Crippen LogP contribution in [0.15, 0.2) is 91.0 Å². The zero-order valence-corrected chi connectivity index (χ0v) is 20.0. The van der Waals surface area contributed by atoms with Gasteiger partial charge in [-0.05, 0) is 23.6 Å². The number of aliphatic hydroxyl groups is 1. The van der Waals surface area contributed by atoms with Crippen LogP contribution >= 0.6 is 0 Å². The molecule has 0 unspecified atom stereocenters. The molecule has 0 bridgehead atoms. The van der Waals surface area contributed by atoms with Gasteiger partial charge in [0.15, 0.2) is 0 Å². The monoisotopic (exact) mass is 490 g/mol. The van der Waals surface area contributed by atoms with E-state index < -0.39 is 36.2 Å². The number of rotatable bonds is 11. The van der Waals surface area contributed by atoms with Gasteiger partial charge >= 0.3 is 12.1 Å². The molecule has 0 heterocycles. The number of aliphatic hydroxyl groups excluding tert-OH is 1. The number of carbonyl (C=O) groups excluding carboxylic acids is 3. The molecule has 0 aliphatic heterocycles. The van der Waals surface area contributed by atoms with Crippen LogP contribution in [0.1, 0.15) is 23.6 Å². The van der Waals surface area contributed by atoms with Crippen LogP contribution in [0, 0.1) is 0 Å². The third-order valence-electron chi connectivity index (χ3n) is 5.36. The number of alkyl carbamates (subject to hydrolysis) is 1. The highest BCUT2D eigenvalue weighted by Crippen LogP contribution is 2.09. The van der Waals surface area contributed by atoms with Crippen molar-refractivity contribution < 1.29 is 29.0 Å². The topological polar surface area (TPSA) is 114 Å². The van der Waals surface area contributed by atoms with E-state index >= 15 is 0 Å². The van der Waals surface area contributed by atoms with Crippen LogP contribution in [0.2, 0.25) is 0 Å². The molecule has 3 rings (SSSR count). The summed E-state index contributed by atoms with van der Waals surface area (Å²) in [5.74, 6) is -1.37. The maximum Gasteiger partial charge on any atom is 0.408 e. The van der Waals surface area contributed by atoms with Crippen molar-refractivity contribution in [2.24, 2.45) is 0 Å². The fourth-order valence-electron chi connectivity index (χ4n) is 3.43. The first kappa shape index (κ1) is 26.4. The van der Waals surface area contributed by atoms with Crippen molar-refractivity contribution >= 4 is 18.0 Å². The molecular weight excluding hydrogens is 460 g/mol. The van der Waals surface area contributed by atoms with E-state index in [1.165, 1.54) is 6.92 Å². The number of benzene rings is 3. The van der Waals surface area contributed by atoms with Crippen molar-refractivity contribution in [2.45, 2.75) is 44.7 Å². The summed E-state index contributed by atoms with van der Waals surface area (Å²) in [6.07, 6.45) is -1.94. The van der Waals surface area contributed by atoms with Crippen molar-refractivity contribution in [3.05, 3.63) is 108 Å². The van der Waals surface area contributed by atoms with E-state index in [0.717, 1.165) is 16.7 Å². The Morgan fingerprint density at radius 1 is 0.722 bits per heavy atom. The average molecular weight is 491 g/mol. The second-order valence-corrected chi connectivity index (χ2v) is 8.27. The van der Waals surface area contributed by atoms with Gasteiger partial charge in [0, 0.05) is 6.42 Å². The first-order chi connectivity index (χ1) is 17.4. The van der Waals surface area contributed by atoms with Crippen LogP contribution in [0.3, 0.4) is 0 Å². The summed E-state index contributed by atoms with van der Waals surface area (Å²) in [5.41, 5.74) is 2.39. The van der Waals surface area contributed by atoms with Crippen molar-refractivity contribution in [3.8, 4) is 0 Å². The predicted molar refractivity (Wildman–Crippen MR) is 134 cm³/mol. The number of esters is 1. The Morgan fingerprint density at radius 3 is 1.69 bits per heavy atom. The normalized spacial score (nSPS) is 13.1. The Morgan fingerprint density at radius 2 is 1.19 bits per heavy atom. The quantitative estimate of drug-likeness (QED) is 0.356. The molecule has 3 N–H and O–H groups in total. The van der Waals surface area contributed by atoms with Crippen molar-refractivity contribution in [3.63, 3.8) is 0 Å². The third-order valence-corrected chi connectivity index (χ3v) is 5.36. The zero-order valence-electron chi connectivity index (χ0n) is 20.0. The summed E-state index contributed by atoms with van der Waals surface area (Å²) in [7, 11) is 0. The van der Waals surface area contributed by atoms with Crippen LogP contribution < -0.4 is 10.6 Å². The molecular formula is C28H30N2O6. The molecule has 0 aliphatic rings. The number of ether oxygens (including phenoxy) is 2. The highest BCUT2D eigenvalue weighted by molar-refractivity contribution is 5.90. The molecule has 0 saturated carbocycles. The molecule has 0 fully saturated rings. The maximum atomic E-state index is 13.0. The van der Waals surface area contributed by atoms with E-state index in [9.17, 15) is 19.5 Å². The lowest BCUT2D eigenvalue weighted by atomic mass is 10.0. The molecule has 188 valence electrons. The molecule has 8 heteroatoms. The van der Waals surface area contributed by atoms with Gasteiger partial charge in [-0.15, -0.1) is 0 Å². The van der Waals surface area contributed by atoms with Gasteiger partial charge in [0.2, 0.25) is 5.91 Å². The molecule has 3 atom stereocenters. The van der Waals surface area contributed by atoms with E-state index in [4.69, 9.17) is 9.47 Å².